The van der Waals surface area contributed by atoms with E-state index in [0.29, 0.717) is 59.3 Å². The molecule has 0 radical (unpaired) electrons. The number of hydrogen-bond donors (Lipinski definition) is 3. The first-order valence-electron chi connectivity index (χ1n) is 14.5. The maximum atomic E-state index is 12.1. The number of carbonyl (C=O) groups excluding carboxylic acids is 2. The Morgan fingerprint density at radius 2 is 1.35 bits per heavy atom. The molecule has 10 nitrogen and oxygen atoms in total. The lowest BCUT2D eigenvalue weighted by atomic mass is 10.1. The number of para-hydroxylation sites is 1. The highest BCUT2D eigenvalue weighted by atomic mass is 16.6. The van der Waals surface area contributed by atoms with Gasteiger partial charge >= 0.3 is 0 Å². The minimum Gasteiger partial charge on any atom is -0.379 e. The summed E-state index contributed by atoms with van der Waals surface area (Å²) >= 11 is 0. The quantitative estimate of drug-likeness (QED) is 0.146. The smallest absolute Gasteiger partial charge is 0.222 e. The number of benzene rings is 1. The first kappa shape index (κ1) is 37.7. The molecule has 0 aliphatic heterocycles. The third-order valence-corrected chi connectivity index (χ3v) is 5.29. The summed E-state index contributed by atoms with van der Waals surface area (Å²) in [4.78, 5) is 26.7. The van der Waals surface area contributed by atoms with Crippen LogP contribution in [0.4, 0.5) is 0 Å². The van der Waals surface area contributed by atoms with Crippen LogP contribution in [0.25, 0.3) is 10.9 Å². The summed E-state index contributed by atoms with van der Waals surface area (Å²) in [6.07, 6.45) is 4.28. The fraction of sp³-hybridized carbons (Fsp3) is 0.667. The summed E-state index contributed by atoms with van der Waals surface area (Å²) in [5.41, 5.74) is 2.00. The number of ether oxygens (including phenoxy) is 5. The molecule has 1 amide bonds. The van der Waals surface area contributed by atoms with E-state index in [1.165, 1.54) is 0 Å². The van der Waals surface area contributed by atoms with E-state index in [-0.39, 0.29) is 18.9 Å². The van der Waals surface area contributed by atoms with Crippen LogP contribution in [0.1, 0.15) is 46.1 Å². The Kier molecular flexibility index (Phi) is 26.5. The fourth-order valence-corrected chi connectivity index (χ4v) is 3.24. The predicted octanol–water partition coefficient (Wildman–Crippen LogP) is 3.53. The molecule has 0 saturated carbocycles. The molecule has 1 heterocycles. The van der Waals surface area contributed by atoms with Crippen LogP contribution in [0.2, 0.25) is 0 Å². The lowest BCUT2D eigenvalue weighted by Crippen LogP contribution is -2.38. The number of H-pyrrole nitrogens is 1. The molecule has 2 rings (SSSR count). The van der Waals surface area contributed by atoms with E-state index in [1.807, 2.05) is 51.4 Å². The van der Waals surface area contributed by atoms with Crippen molar-refractivity contribution < 1.29 is 33.3 Å². The largest absolute Gasteiger partial charge is 0.379 e. The zero-order valence-corrected chi connectivity index (χ0v) is 25.3. The van der Waals surface area contributed by atoms with Crippen LogP contribution in [0.15, 0.2) is 30.5 Å². The van der Waals surface area contributed by atoms with E-state index < -0.39 is 6.04 Å². The van der Waals surface area contributed by atoms with E-state index in [9.17, 15) is 9.59 Å². The molecule has 3 N–H and O–H groups in total. The molecule has 1 atom stereocenters. The second-order valence-electron chi connectivity index (χ2n) is 8.39. The summed E-state index contributed by atoms with van der Waals surface area (Å²) in [5.74, 6) is -0.217. The van der Waals surface area contributed by atoms with E-state index in [2.05, 4.69) is 29.5 Å². The van der Waals surface area contributed by atoms with Crippen LogP contribution >= 0.6 is 0 Å². The number of aromatic nitrogens is 1. The summed E-state index contributed by atoms with van der Waals surface area (Å²) < 4.78 is 27.0. The SMILES string of the molecule is CC.CCCOCCOCCOCCOCCOCCC(=O)N[C@H](C=O)Cc1c[nH]c2ccccc12.CCNC. The third kappa shape index (κ3) is 19.7. The van der Waals surface area contributed by atoms with E-state index in [1.54, 1.807) is 0 Å². The second-order valence-corrected chi connectivity index (χ2v) is 8.39. The predicted molar refractivity (Wildman–Crippen MR) is 160 cm³/mol. The van der Waals surface area contributed by atoms with Gasteiger partial charge in [0.2, 0.25) is 5.91 Å². The van der Waals surface area contributed by atoms with Crippen LogP contribution in [0.5, 0.6) is 0 Å². The normalized spacial score (nSPS) is 11.2. The molecular weight excluding hydrogens is 514 g/mol. The number of carbonyl (C=O) groups is 2. The van der Waals surface area contributed by atoms with Gasteiger partial charge in [0, 0.05) is 36.5 Å². The number of hydrogen-bond acceptors (Lipinski definition) is 8. The van der Waals surface area contributed by atoms with Crippen molar-refractivity contribution in [3.05, 3.63) is 36.0 Å². The standard InChI is InChI=1S/C25H38N2O7.C3H9N.C2H6/c1-2-8-30-10-12-32-14-16-34-17-15-33-13-11-31-9-7-25(29)27-22(20-28)18-21-19-26-24-6-4-3-5-23(21)24;1-3-4-2;1-2/h3-6,19-20,22,26H,2,7-18H2,1H3,(H,27,29);4H,3H2,1-2H3;1-2H3/t22-;;/m0../s1. The van der Waals surface area contributed by atoms with Gasteiger partial charge in [-0.05, 0) is 31.6 Å². The number of aromatic amines is 1. The first-order valence-corrected chi connectivity index (χ1v) is 14.5. The number of nitrogens with one attached hydrogen (secondary N) is 3. The Balaban J connectivity index is 0.00000232. The fourth-order valence-electron chi connectivity index (χ4n) is 3.24. The highest BCUT2D eigenvalue weighted by molar-refractivity contribution is 5.84. The molecule has 0 aliphatic rings. The molecule has 0 aliphatic carbocycles. The molecule has 40 heavy (non-hydrogen) atoms. The van der Waals surface area contributed by atoms with Gasteiger partial charge in [-0.15, -0.1) is 0 Å². The maximum Gasteiger partial charge on any atom is 0.222 e. The summed E-state index contributed by atoms with van der Waals surface area (Å²) in [7, 11) is 1.93. The molecule has 1 aromatic carbocycles. The summed E-state index contributed by atoms with van der Waals surface area (Å²) in [6, 6.07) is 7.29. The Hall–Kier alpha value is -2.34. The van der Waals surface area contributed by atoms with Gasteiger partial charge in [0.1, 0.15) is 6.29 Å². The van der Waals surface area contributed by atoms with Gasteiger partial charge < -0.3 is 44.1 Å². The highest BCUT2D eigenvalue weighted by Crippen LogP contribution is 2.18. The van der Waals surface area contributed by atoms with E-state index >= 15 is 0 Å². The average molecular weight is 568 g/mol. The van der Waals surface area contributed by atoms with Crippen molar-refractivity contribution in [1.82, 2.24) is 15.6 Å². The van der Waals surface area contributed by atoms with Crippen LogP contribution in [-0.4, -0.2) is 103 Å². The number of rotatable bonds is 22. The minimum absolute atomic E-state index is 0.185. The number of amides is 1. The average Bonchev–Trinajstić information content (AvgIpc) is 3.40. The van der Waals surface area contributed by atoms with Crippen molar-refractivity contribution in [2.24, 2.45) is 0 Å². The molecule has 0 saturated heterocycles. The number of aldehydes is 1. The van der Waals surface area contributed by atoms with Crippen molar-refractivity contribution in [3.8, 4) is 0 Å². The molecule has 0 bridgehead atoms. The lowest BCUT2D eigenvalue weighted by molar-refractivity contribution is -0.125. The second kappa shape index (κ2) is 28.2. The zero-order valence-electron chi connectivity index (χ0n) is 25.3. The minimum atomic E-state index is -0.574. The van der Waals surface area contributed by atoms with Crippen LogP contribution < -0.4 is 10.6 Å². The van der Waals surface area contributed by atoms with Crippen molar-refractivity contribution >= 4 is 23.1 Å². The number of fused-ring (bicyclic) bond motifs is 1. The molecule has 1 aromatic heterocycles. The molecule has 0 spiro atoms. The first-order chi connectivity index (χ1) is 19.7. The molecule has 230 valence electrons. The van der Waals surface area contributed by atoms with Gasteiger partial charge in [-0.2, -0.15) is 0 Å². The Labute approximate surface area is 240 Å². The molecule has 0 fully saturated rings. The van der Waals surface area contributed by atoms with Gasteiger partial charge in [0.15, 0.2) is 0 Å². The van der Waals surface area contributed by atoms with Crippen molar-refractivity contribution in [2.75, 3.05) is 79.7 Å². The molecular formula is C30H53N3O7. The summed E-state index contributed by atoms with van der Waals surface area (Å²) in [5, 5.41) is 6.74. The monoisotopic (exact) mass is 567 g/mol. The summed E-state index contributed by atoms with van der Waals surface area (Å²) in [6.45, 7) is 14.3. The van der Waals surface area contributed by atoms with E-state index in [4.69, 9.17) is 23.7 Å². The highest BCUT2D eigenvalue weighted by Gasteiger charge is 2.14. The Bertz CT molecular complexity index is 846. The van der Waals surface area contributed by atoms with Gasteiger partial charge in [0.25, 0.3) is 0 Å². The van der Waals surface area contributed by atoms with E-state index in [0.717, 1.165) is 42.3 Å². The van der Waals surface area contributed by atoms with Crippen LogP contribution in [0.3, 0.4) is 0 Å². The Morgan fingerprint density at radius 1 is 0.850 bits per heavy atom. The van der Waals surface area contributed by atoms with Crippen molar-refractivity contribution in [1.29, 1.82) is 0 Å². The molecule has 10 heteroatoms. The lowest BCUT2D eigenvalue weighted by Gasteiger charge is -2.12. The van der Waals surface area contributed by atoms with Crippen molar-refractivity contribution in [2.45, 2.75) is 53.0 Å². The van der Waals surface area contributed by atoms with Crippen LogP contribution in [0, 0.1) is 0 Å². The van der Waals surface area contributed by atoms with Crippen molar-refractivity contribution in [3.63, 3.8) is 0 Å². The van der Waals surface area contributed by atoms with Gasteiger partial charge in [-0.25, -0.2) is 0 Å². The third-order valence-electron chi connectivity index (χ3n) is 5.29. The van der Waals surface area contributed by atoms with Crippen LogP contribution in [-0.2, 0) is 39.7 Å². The zero-order chi connectivity index (χ0) is 29.7. The maximum absolute atomic E-state index is 12.1. The van der Waals surface area contributed by atoms with Gasteiger partial charge in [-0.3, -0.25) is 4.79 Å². The Morgan fingerprint density at radius 3 is 1.85 bits per heavy atom. The topological polar surface area (TPSA) is 120 Å². The van der Waals surface area contributed by atoms with Gasteiger partial charge in [-0.1, -0.05) is 45.9 Å². The molecule has 0 unspecified atom stereocenters. The van der Waals surface area contributed by atoms with Gasteiger partial charge in [0.05, 0.1) is 65.5 Å². The molecule has 2 aromatic rings.